The van der Waals surface area contributed by atoms with E-state index in [0.29, 0.717) is 4.57 Å². The number of halogens is 1. The molecule has 16 nitrogen and oxygen atoms in total. The summed E-state index contributed by atoms with van der Waals surface area (Å²) in [6.45, 7) is 1.03. The van der Waals surface area contributed by atoms with Crippen LogP contribution in [0.15, 0.2) is 38.9 Å². The van der Waals surface area contributed by atoms with Crippen molar-refractivity contribution in [2.24, 2.45) is 0 Å². The van der Waals surface area contributed by atoms with E-state index in [1.165, 1.54) is 6.92 Å². The van der Waals surface area contributed by atoms with E-state index in [9.17, 15) is 39.2 Å². The molecule has 17 heteroatoms. The lowest BCUT2D eigenvalue weighted by atomic mass is 9.95. The van der Waals surface area contributed by atoms with Crippen molar-refractivity contribution in [3.63, 3.8) is 0 Å². The van der Waals surface area contributed by atoms with Gasteiger partial charge in [-0.2, -0.15) is 9.37 Å². The first-order valence-electron chi connectivity index (χ1n) is 10.8. The SMILES string of the molecule is C[C@@]1(O)[C@H](O)[C@@H](CO)O[C@@]1(F)n1ccc(N)nc1=O.C[C@@]1(O)[C@H](O)[C@@H](CO)O[C@H]1n1ccc(=O)[nH]c1=O. The van der Waals surface area contributed by atoms with Gasteiger partial charge in [0.25, 0.3) is 5.56 Å². The van der Waals surface area contributed by atoms with E-state index in [1.807, 2.05) is 4.98 Å². The topological polar surface area (TPSA) is 256 Å². The third-order valence-electron chi connectivity index (χ3n) is 6.21. The number of hydrogen-bond donors (Lipinski definition) is 8. The molecule has 2 aromatic heterocycles. The Morgan fingerprint density at radius 3 is 2.19 bits per heavy atom. The normalized spacial score (nSPS) is 37.3. The number of aliphatic hydroxyl groups excluding tert-OH is 4. The van der Waals surface area contributed by atoms with E-state index in [2.05, 4.69) is 4.98 Å². The Bertz CT molecular complexity index is 1290. The Kier molecular flexibility index (Phi) is 7.73. The molecule has 2 fully saturated rings. The van der Waals surface area contributed by atoms with Crippen LogP contribution in [-0.4, -0.2) is 98.6 Å². The summed E-state index contributed by atoms with van der Waals surface area (Å²) in [6.07, 6.45) is -4.50. The van der Waals surface area contributed by atoms with Crippen molar-refractivity contribution >= 4 is 5.82 Å². The van der Waals surface area contributed by atoms with Gasteiger partial charge in [0.15, 0.2) is 11.8 Å². The number of ether oxygens (including phenoxy) is 2. The number of nitrogen functional groups attached to an aromatic ring is 1. The van der Waals surface area contributed by atoms with Crippen molar-refractivity contribution in [1.29, 1.82) is 0 Å². The summed E-state index contributed by atoms with van der Waals surface area (Å²) in [6, 6.07) is 2.24. The fourth-order valence-corrected chi connectivity index (χ4v) is 4.00. The first kappa shape index (κ1) is 28.5. The summed E-state index contributed by atoms with van der Waals surface area (Å²) in [5.41, 5.74) is -1.35. The smallest absolute Gasteiger partial charge is 0.354 e. The van der Waals surface area contributed by atoms with Gasteiger partial charge in [0.05, 0.1) is 13.2 Å². The summed E-state index contributed by atoms with van der Waals surface area (Å²) in [5.74, 6) is -3.18. The van der Waals surface area contributed by atoms with Gasteiger partial charge in [-0.1, -0.05) is 0 Å². The molecule has 0 radical (unpaired) electrons. The molecule has 4 rings (SSSR count). The molecule has 0 unspecified atom stereocenters. The highest BCUT2D eigenvalue weighted by molar-refractivity contribution is 5.24. The molecule has 0 spiro atoms. The van der Waals surface area contributed by atoms with Crippen molar-refractivity contribution in [2.75, 3.05) is 18.9 Å². The average molecular weight is 533 g/mol. The molecule has 206 valence electrons. The number of nitrogens with zero attached hydrogens (tertiary/aromatic N) is 3. The molecule has 0 aromatic carbocycles. The highest BCUT2D eigenvalue weighted by Crippen LogP contribution is 2.44. The number of alkyl halides is 1. The van der Waals surface area contributed by atoms with E-state index in [-0.39, 0.29) is 5.82 Å². The van der Waals surface area contributed by atoms with Gasteiger partial charge in [0.1, 0.15) is 35.8 Å². The highest BCUT2D eigenvalue weighted by atomic mass is 19.2. The van der Waals surface area contributed by atoms with Crippen LogP contribution in [0.5, 0.6) is 0 Å². The standard InChI is InChI=1S/C10H14FN3O5.C10H14N2O6/c1-9(18)7(16)5(4-15)19-10(9,11)14-3-2-6(12)13-8(14)17;1-10(17)7(15)5(4-13)18-8(10)12-3-2-6(14)11-9(12)16/h2-3,5,7,15-16,18H,4H2,1H3,(H2,12,13,17);2-3,5,7-8,13,15,17H,4H2,1H3,(H,11,14,16)/t5-,7-,9-,10+;5-,7-,8-,10-/m11/s1. The number of aromatic nitrogens is 4. The van der Waals surface area contributed by atoms with Gasteiger partial charge >= 0.3 is 17.4 Å². The number of nitrogens with two attached hydrogens (primary N) is 1. The minimum absolute atomic E-state index is 0.123. The van der Waals surface area contributed by atoms with Crippen LogP contribution in [0.2, 0.25) is 0 Å². The van der Waals surface area contributed by atoms with Crippen LogP contribution < -0.4 is 22.7 Å². The van der Waals surface area contributed by atoms with Crippen molar-refractivity contribution < 1.29 is 44.5 Å². The molecule has 0 saturated carbocycles. The molecule has 9 N–H and O–H groups in total. The van der Waals surface area contributed by atoms with Crippen LogP contribution >= 0.6 is 0 Å². The largest absolute Gasteiger partial charge is 0.394 e. The van der Waals surface area contributed by atoms with Crippen LogP contribution in [0.4, 0.5) is 10.2 Å². The first-order valence-corrected chi connectivity index (χ1v) is 10.8. The van der Waals surface area contributed by atoms with Crippen LogP contribution in [0.25, 0.3) is 0 Å². The van der Waals surface area contributed by atoms with Crippen molar-refractivity contribution in [2.45, 2.75) is 61.7 Å². The molecule has 2 aromatic rings. The van der Waals surface area contributed by atoms with Gasteiger partial charge in [0.2, 0.25) is 0 Å². The second kappa shape index (κ2) is 10.0. The Balaban J connectivity index is 0.000000206. The molecule has 8 atom stereocenters. The van der Waals surface area contributed by atoms with Gasteiger partial charge < -0.3 is 45.8 Å². The summed E-state index contributed by atoms with van der Waals surface area (Å²) in [5, 5.41) is 57.7. The van der Waals surface area contributed by atoms with Crippen LogP contribution in [-0.2, 0) is 15.5 Å². The first-order chi connectivity index (χ1) is 17.1. The van der Waals surface area contributed by atoms with Gasteiger partial charge in [0, 0.05) is 18.5 Å². The van der Waals surface area contributed by atoms with Crippen LogP contribution in [0.3, 0.4) is 0 Å². The number of rotatable bonds is 4. The third-order valence-corrected chi connectivity index (χ3v) is 6.21. The molecule has 4 heterocycles. The molecule has 0 aliphatic carbocycles. The van der Waals surface area contributed by atoms with E-state index in [4.69, 9.17) is 25.4 Å². The maximum absolute atomic E-state index is 14.8. The third kappa shape index (κ3) is 4.82. The monoisotopic (exact) mass is 533 g/mol. The number of nitrogens with one attached hydrogen (secondary N) is 1. The molecule has 37 heavy (non-hydrogen) atoms. The Morgan fingerprint density at radius 1 is 1.08 bits per heavy atom. The van der Waals surface area contributed by atoms with E-state index in [1.54, 1.807) is 0 Å². The molecule has 2 aliphatic heterocycles. The van der Waals surface area contributed by atoms with Crippen molar-refractivity contribution in [3.8, 4) is 0 Å². The average Bonchev–Trinajstić information content (AvgIpc) is 3.15. The summed E-state index contributed by atoms with van der Waals surface area (Å²) < 4.78 is 26.2. The van der Waals surface area contributed by atoms with Crippen LogP contribution in [0, 0.1) is 0 Å². The van der Waals surface area contributed by atoms with Crippen molar-refractivity contribution in [3.05, 3.63) is 55.8 Å². The maximum Gasteiger partial charge on any atom is 0.354 e. The van der Waals surface area contributed by atoms with Crippen molar-refractivity contribution in [1.82, 2.24) is 19.1 Å². The van der Waals surface area contributed by atoms with E-state index >= 15 is 0 Å². The van der Waals surface area contributed by atoms with E-state index in [0.717, 1.165) is 36.0 Å². The lowest BCUT2D eigenvalue weighted by Gasteiger charge is -2.32. The van der Waals surface area contributed by atoms with Gasteiger partial charge in [-0.25, -0.2) is 14.2 Å². The summed E-state index contributed by atoms with van der Waals surface area (Å²) in [4.78, 5) is 39.5. The van der Waals surface area contributed by atoms with E-state index < -0.39 is 78.0 Å². The number of aliphatic hydroxyl groups is 6. The predicted molar refractivity (Wildman–Crippen MR) is 120 cm³/mol. The number of anilines is 1. The Labute approximate surface area is 206 Å². The lowest BCUT2D eigenvalue weighted by molar-refractivity contribution is -0.274. The Morgan fingerprint density at radius 2 is 1.70 bits per heavy atom. The fraction of sp³-hybridized carbons (Fsp3) is 0.600. The van der Waals surface area contributed by atoms with Gasteiger partial charge in [-0.15, -0.1) is 0 Å². The number of H-pyrrole nitrogens is 1. The molecule has 2 saturated heterocycles. The molecule has 0 amide bonds. The fourth-order valence-electron chi connectivity index (χ4n) is 4.00. The van der Waals surface area contributed by atoms with Gasteiger partial charge in [-0.3, -0.25) is 14.3 Å². The molecular formula is C20H28FN5O11. The van der Waals surface area contributed by atoms with Crippen LogP contribution in [0.1, 0.15) is 20.1 Å². The molecular weight excluding hydrogens is 505 g/mol. The minimum Gasteiger partial charge on any atom is -0.394 e. The number of hydrogen-bond acceptors (Lipinski definition) is 13. The zero-order chi connectivity index (χ0) is 27.9. The minimum atomic E-state index is -3.06. The lowest BCUT2D eigenvalue weighted by Crippen LogP contribution is -2.56. The molecule has 2 aliphatic rings. The van der Waals surface area contributed by atoms with Gasteiger partial charge in [-0.05, 0) is 19.9 Å². The number of aromatic amines is 1. The second-order valence-electron chi connectivity index (χ2n) is 8.90. The second-order valence-corrected chi connectivity index (χ2v) is 8.90. The zero-order valence-corrected chi connectivity index (χ0v) is 19.6. The predicted octanol–water partition coefficient (Wildman–Crippen LogP) is -4.55. The molecule has 0 bridgehead atoms. The summed E-state index contributed by atoms with van der Waals surface area (Å²) >= 11 is 0. The zero-order valence-electron chi connectivity index (χ0n) is 19.6. The Hall–Kier alpha value is -3.03. The summed E-state index contributed by atoms with van der Waals surface area (Å²) in [7, 11) is 0. The highest BCUT2D eigenvalue weighted by Gasteiger charge is 2.65. The maximum atomic E-state index is 14.8. The quantitative estimate of drug-likeness (QED) is 0.184.